The summed E-state index contributed by atoms with van der Waals surface area (Å²) in [5.41, 5.74) is -0.904. The van der Waals surface area contributed by atoms with Crippen molar-refractivity contribution in [2.45, 2.75) is 58.0 Å². The molecule has 0 saturated heterocycles. The molecule has 0 spiro atoms. The predicted octanol–water partition coefficient (Wildman–Crippen LogP) is 5.78. The normalized spacial score (nSPS) is 11.9. The van der Waals surface area contributed by atoms with Crippen LogP contribution in [0.3, 0.4) is 0 Å². The molecular weight excluding hydrogens is 352 g/mol. The first-order chi connectivity index (χ1) is 12.3. The lowest BCUT2D eigenvalue weighted by atomic mass is 10.1. The van der Waals surface area contributed by atoms with Crippen LogP contribution in [0.2, 0.25) is 0 Å². The smallest absolute Gasteiger partial charge is 0.389 e. The Morgan fingerprint density at radius 3 is 2.58 bits per heavy atom. The first-order valence-corrected chi connectivity index (χ1v) is 8.76. The summed E-state index contributed by atoms with van der Waals surface area (Å²) < 4.78 is 61.5. The molecule has 0 atom stereocenters. The monoisotopic (exact) mass is 374 g/mol. The van der Waals surface area contributed by atoms with Gasteiger partial charge < -0.3 is 9.15 Å². The molecule has 26 heavy (non-hydrogen) atoms. The third-order valence-electron chi connectivity index (χ3n) is 4.02. The molecule has 3 nitrogen and oxygen atoms in total. The fraction of sp³-hybridized carbons (Fsp3) is 0.526. The molecule has 0 bridgehead atoms. The van der Waals surface area contributed by atoms with Crippen LogP contribution < -0.4 is 10.4 Å². The number of halogens is 4. The number of fused-ring (bicyclic) bond motifs is 1. The predicted molar refractivity (Wildman–Crippen MR) is 91.1 cm³/mol. The lowest BCUT2D eigenvalue weighted by molar-refractivity contribution is -0.135. The Labute approximate surface area is 149 Å². The average molecular weight is 374 g/mol. The summed E-state index contributed by atoms with van der Waals surface area (Å²) in [6.07, 6.45) is -1.53. The van der Waals surface area contributed by atoms with Crippen LogP contribution in [0.15, 0.2) is 27.4 Å². The second-order valence-electron chi connectivity index (χ2n) is 6.22. The summed E-state index contributed by atoms with van der Waals surface area (Å²) in [5.74, 6) is -0.709. The quantitative estimate of drug-likeness (QED) is 0.413. The Morgan fingerprint density at radius 1 is 1.12 bits per heavy atom. The van der Waals surface area contributed by atoms with E-state index in [0.29, 0.717) is 12.0 Å². The van der Waals surface area contributed by atoms with Gasteiger partial charge in [0.2, 0.25) is 0 Å². The number of benzene rings is 1. The van der Waals surface area contributed by atoms with Crippen molar-refractivity contribution in [1.29, 1.82) is 0 Å². The molecule has 0 radical (unpaired) electrons. The van der Waals surface area contributed by atoms with E-state index in [-0.39, 0.29) is 29.7 Å². The van der Waals surface area contributed by atoms with Crippen LogP contribution in [0.1, 0.15) is 51.2 Å². The van der Waals surface area contributed by atoms with E-state index >= 15 is 0 Å². The first kappa shape index (κ1) is 20.3. The highest BCUT2D eigenvalue weighted by Gasteiger charge is 2.26. The van der Waals surface area contributed by atoms with Crippen LogP contribution in [0.5, 0.6) is 5.75 Å². The summed E-state index contributed by atoms with van der Waals surface area (Å²) in [7, 11) is 0. The zero-order chi connectivity index (χ0) is 19.2. The SMILES string of the molecule is CCCCCCOc1ccc2cc(CCCC(F)(F)F)oc(=O)c2c1F. The van der Waals surface area contributed by atoms with Gasteiger partial charge in [-0.25, -0.2) is 9.18 Å². The highest BCUT2D eigenvalue weighted by Crippen LogP contribution is 2.26. The molecule has 1 heterocycles. The third-order valence-corrected chi connectivity index (χ3v) is 4.02. The van der Waals surface area contributed by atoms with Gasteiger partial charge in [0.1, 0.15) is 11.1 Å². The molecule has 7 heteroatoms. The zero-order valence-electron chi connectivity index (χ0n) is 14.6. The number of unbranched alkanes of at least 4 members (excludes halogenated alkanes) is 3. The molecule has 1 aromatic heterocycles. The van der Waals surface area contributed by atoms with Gasteiger partial charge >= 0.3 is 11.8 Å². The highest BCUT2D eigenvalue weighted by molar-refractivity contribution is 5.83. The molecule has 0 N–H and O–H groups in total. The van der Waals surface area contributed by atoms with Gasteiger partial charge in [0.15, 0.2) is 11.6 Å². The molecule has 1 aromatic carbocycles. The summed E-state index contributed by atoms with van der Waals surface area (Å²) in [5, 5.41) is 0.0507. The van der Waals surface area contributed by atoms with Crippen molar-refractivity contribution < 1.29 is 26.7 Å². The summed E-state index contributed by atoms with van der Waals surface area (Å²) in [6.45, 7) is 2.43. The van der Waals surface area contributed by atoms with Gasteiger partial charge in [-0.15, -0.1) is 0 Å². The molecule has 2 aromatic rings. The molecule has 0 amide bonds. The van der Waals surface area contributed by atoms with Crippen molar-refractivity contribution in [1.82, 2.24) is 0 Å². The van der Waals surface area contributed by atoms with Crippen molar-refractivity contribution in [3.63, 3.8) is 0 Å². The van der Waals surface area contributed by atoms with E-state index in [9.17, 15) is 22.4 Å². The van der Waals surface area contributed by atoms with Gasteiger partial charge in [-0.2, -0.15) is 13.2 Å². The van der Waals surface area contributed by atoms with Crippen molar-refractivity contribution in [2.75, 3.05) is 6.61 Å². The largest absolute Gasteiger partial charge is 0.490 e. The van der Waals surface area contributed by atoms with Gasteiger partial charge in [0, 0.05) is 12.8 Å². The minimum Gasteiger partial charge on any atom is -0.490 e. The molecule has 0 aliphatic rings. The maximum Gasteiger partial charge on any atom is 0.389 e. The van der Waals surface area contributed by atoms with E-state index in [0.717, 1.165) is 25.7 Å². The van der Waals surface area contributed by atoms with Crippen molar-refractivity contribution in [2.24, 2.45) is 0 Å². The first-order valence-electron chi connectivity index (χ1n) is 8.76. The average Bonchev–Trinajstić information content (AvgIpc) is 2.55. The van der Waals surface area contributed by atoms with Crippen molar-refractivity contribution in [3.05, 3.63) is 40.2 Å². The van der Waals surface area contributed by atoms with Gasteiger partial charge in [-0.3, -0.25) is 0 Å². The number of hydrogen-bond donors (Lipinski definition) is 0. The van der Waals surface area contributed by atoms with Crippen molar-refractivity contribution >= 4 is 10.8 Å². The molecule has 2 rings (SSSR count). The third kappa shape index (κ3) is 5.75. The van der Waals surface area contributed by atoms with Crippen LogP contribution >= 0.6 is 0 Å². The van der Waals surface area contributed by atoms with Crippen molar-refractivity contribution in [3.8, 4) is 5.75 Å². The molecule has 144 valence electrons. The van der Waals surface area contributed by atoms with Crippen LogP contribution in [0.4, 0.5) is 17.6 Å². The molecule has 0 aliphatic heterocycles. The highest BCUT2D eigenvalue weighted by atomic mass is 19.4. The topological polar surface area (TPSA) is 39.4 Å². The van der Waals surface area contributed by atoms with Crippen LogP contribution in [-0.2, 0) is 6.42 Å². The Hall–Kier alpha value is -2.05. The summed E-state index contributed by atoms with van der Waals surface area (Å²) in [4.78, 5) is 12.1. The van der Waals surface area contributed by atoms with E-state index in [1.54, 1.807) is 0 Å². The van der Waals surface area contributed by atoms with E-state index in [1.165, 1.54) is 18.2 Å². The van der Waals surface area contributed by atoms with E-state index in [4.69, 9.17) is 9.15 Å². The van der Waals surface area contributed by atoms with Crippen LogP contribution in [0, 0.1) is 5.82 Å². The van der Waals surface area contributed by atoms with Gasteiger partial charge in [-0.1, -0.05) is 32.3 Å². The summed E-state index contributed by atoms with van der Waals surface area (Å²) >= 11 is 0. The lowest BCUT2D eigenvalue weighted by Crippen LogP contribution is -2.09. The Morgan fingerprint density at radius 2 is 1.88 bits per heavy atom. The van der Waals surface area contributed by atoms with Crippen LogP contribution in [-0.4, -0.2) is 12.8 Å². The molecule has 0 aliphatic carbocycles. The number of alkyl halides is 3. The Balaban J connectivity index is 2.11. The fourth-order valence-corrected chi connectivity index (χ4v) is 2.68. The second-order valence-corrected chi connectivity index (χ2v) is 6.22. The number of ether oxygens (including phenoxy) is 1. The Kier molecular flexibility index (Phi) is 7.06. The van der Waals surface area contributed by atoms with Gasteiger partial charge in [-0.05, 0) is 30.4 Å². The van der Waals surface area contributed by atoms with E-state index < -0.39 is 24.0 Å². The lowest BCUT2D eigenvalue weighted by Gasteiger charge is -2.09. The Bertz CT molecular complexity index is 781. The fourth-order valence-electron chi connectivity index (χ4n) is 2.68. The van der Waals surface area contributed by atoms with Gasteiger partial charge in [0.25, 0.3) is 0 Å². The maximum absolute atomic E-state index is 14.5. The van der Waals surface area contributed by atoms with Crippen LogP contribution in [0.25, 0.3) is 10.8 Å². The van der Waals surface area contributed by atoms with E-state index in [2.05, 4.69) is 6.92 Å². The minimum atomic E-state index is -4.26. The number of rotatable bonds is 9. The molecule has 0 fully saturated rings. The number of hydrogen-bond acceptors (Lipinski definition) is 3. The second kappa shape index (κ2) is 9.05. The molecule has 0 saturated carbocycles. The standard InChI is InChI=1S/C19H22F4O3/c1-2-3-4-5-11-25-15-9-8-13-12-14(7-6-10-19(21,22)23)26-18(24)16(13)17(15)20/h8-9,12H,2-7,10-11H2,1H3. The summed E-state index contributed by atoms with van der Waals surface area (Å²) in [6, 6.07) is 4.35. The van der Waals surface area contributed by atoms with E-state index in [1.807, 2.05) is 0 Å². The molecule has 0 unspecified atom stereocenters. The van der Waals surface area contributed by atoms with Gasteiger partial charge in [0.05, 0.1) is 6.61 Å². The molecular formula is C19H22F4O3. The number of aryl methyl sites for hydroxylation is 1. The maximum atomic E-state index is 14.5. The zero-order valence-corrected chi connectivity index (χ0v) is 14.6. The minimum absolute atomic E-state index is 0.0221.